The van der Waals surface area contributed by atoms with E-state index in [2.05, 4.69) is 11.2 Å². The number of fused-ring (bicyclic) bond motifs is 1. The highest BCUT2D eigenvalue weighted by Gasteiger charge is 2.29. The maximum Gasteiger partial charge on any atom is 0.271 e. The van der Waals surface area contributed by atoms with Crippen molar-refractivity contribution >= 4 is 23.2 Å². The van der Waals surface area contributed by atoms with Crippen LogP contribution in [0.25, 0.3) is 0 Å². The molecule has 1 aliphatic heterocycles. The van der Waals surface area contributed by atoms with Crippen LogP contribution in [0, 0.1) is 22.5 Å². The molecule has 1 aromatic carbocycles. The molecule has 1 aromatic rings. The van der Waals surface area contributed by atoms with Crippen molar-refractivity contribution in [3.05, 3.63) is 28.3 Å². The van der Waals surface area contributed by atoms with E-state index >= 15 is 0 Å². The van der Waals surface area contributed by atoms with Crippen molar-refractivity contribution in [1.82, 2.24) is 5.32 Å². The van der Waals surface area contributed by atoms with Crippen LogP contribution in [0.4, 0.5) is 11.4 Å². The van der Waals surface area contributed by atoms with E-state index in [1.54, 1.807) is 0 Å². The van der Waals surface area contributed by atoms with Crippen LogP contribution in [-0.2, 0) is 9.59 Å². The van der Waals surface area contributed by atoms with E-state index in [0.29, 0.717) is 5.75 Å². The van der Waals surface area contributed by atoms with Gasteiger partial charge in [-0.05, 0) is 6.07 Å². The van der Waals surface area contributed by atoms with Gasteiger partial charge in [-0.3, -0.25) is 24.6 Å². The molecular formula is C13H11N3O5. The molecule has 0 aliphatic carbocycles. The minimum absolute atomic E-state index is 0.0408. The standard InChI is InChI=1S/C13H11N3O5/c1-2-5-14-12(17)7-15-10-6-9(16(19)20)3-4-11(10)21-8-13(15)18/h1,3-4,6H,5,7-8H2,(H,14,17). The zero-order valence-corrected chi connectivity index (χ0v) is 10.9. The van der Waals surface area contributed by atoms with Crippen LogP contribution in [0.2, 0.25) is 0 Å². The molecule has 0 radical (unpaired) electrons. The number of hydrogen-bond donors (Lipinski definition) is 1. The predicted octanol–water partition coefficient (Wildman–Crippen LogP) is 0.0696. The van der Waals surface area contributed by atoms with Crippen molar-refractivity contribution < 1.29 is 19.2 Å². The maximum atomic E-state index is 11.9. The highest BCUT2D eigenvalue weighted by molar-refractivity contribution is 6.02. The number of nitro benzene ring substituents is 1. The molecule has 0 saturated carbocycles. The first kappa shape index (κ1) is 14.3. The molecule has 0 spiro atoms. The summed E-state index contributed by atoms with van der Waals surface area (Å²) in [6, 6.07) is 3.86. The number of ether oxygens (including phenoxy) is 1. The summed E-state index contributed by atoms with van der Waals surface area (Å²) in [7, 11) is 0. The molecule has 1 heterocycles. The molecule has 8 heteroatoms. The Hall–Kier alpha value is -3.08. The summed E-state index contributed by atoms with van der Waals surface area (Å²) < 4.78 is 5.19. The number of nitrogens with zero attached hydrogens (tertiary/aromatic N) is 2. The SMILES string of the molecule is C#CCNC(=O)CN1C(=O)COc2ccc([N+](=O)[O-])cc21. The van der Waals surface area contributed by atoms with Crippen LogP contribution in [0.3, 0.4) is 0 Å². The Morgan fingerprint density at radius 1 is 1.57 bits per heavy atom. The van der Waals surface area contributed by atoms with Gasteiger partial charge in [-0.25, -0.2) is 0 Å². The van der Waals surface area contributed by atoms with Gasteiger partial charge in [-0.2, -0.15) is 0 Å². The van der Waals surface area contributed by atoms with E-state index in [1.807, 2.05) is 0 Å². The quantitative estimate of drug-likeness (QED) is 0.480. The summed E-state index contributed by atoms with van der Waals surface area (Å²) in [6.45, 7) is -0.468. The number of benzene rings is 1. The Labute approximate surface area is 119 Å². The molecule has 0 unspecified atom stereocenters. The second-order valence-corrected chi connectivity index (χ2v) is 4.16. The number of nitro groups is 1. The van der Waals surface area contributed by atoms with Crippen LogP contribution >= 0.6 is 0 Å². The van der Waals surface area contributed by atoms with E-state index < -0.39 is 16.7 Å². The van der Waals surface area contributed by atoms with Gasteiger partial charge in [0.1, 0.15) is 12.3 Å². The van der Waals surface area contributed by atoms with E-state index in [0.717, 1.165) is 4.90 Å². The van der Waals surface area contributed by atoms with Crippen molar-refractivity contribution in [2.45, 2.75) is 0 Å². The number of amides is 2. The average Bonchev–Trinajstić information content (AvgIpc) is 2.47. The lowest BCUT2D eigenvalue weighted by atomic mass is 10.2. The van der Waals surface area contributed by atoms with Gasteiger partial charge in [0.25, 0.3) is 11.6 Å². The third-order valence-corrected chi connectivity index (χ3v) is 2.79. The normalized spacial score (nSPS) is 12.9. The highest BCUT2D eigenvalue weighted by Crippen LogP contribution is 2.34. The molecule has 2 amide bonds. The van der Waals surface area contributed by atoms with E-state index in [1.165, 1.54) is 18.2 Å². The lowest BCUT2D eigenvalue weighted by Gasteiger charge is -2.28. The molecule has 1 aliphatic rings. The fraction of sp³-hybridized carbons (Fsp3) is 0.231. The van der Waals surface area contributed by atoms with Gasteiger partial charge >= 0.3 is 0 Å². The number of hydrogen-bond acceptors (Lipinski definition) is 5. The Morgan fingerprint density at radius 3 is 3.00 bits per heavy atom. The van der Waals surface area contributed by atoms with E-state index in [-0.39, 0.29) is 31.1 Å². The first-order valence-corrected chi connectivity index (χ1v) is 5.94. The van der Waals surface area contributed by atoms with Gasteiger partial charge in [0.05, 0.1) is 17.2 Å². The first-order chi connectivity index (χ1) is 10.0. The van der Waals surface area contributed by atoms with Crippen molar-refractivity contribution in [3.8, 4) is 18.1 Å². The lowest BCUT2D eigenvalue weighted by Crippen LogP contribution is -2.45. The van der Waals surface area contributed by atoms with Crippen molar-refractivity contribution in [3.63, 3.8) is 0 Å². The number of non-ortho nitro benzene ring substituents is 1. The molecule has 8 nitrogen and oxygen atoms in total. The fourth-order valence-corrected chi connectivity index (χ4v) is 1.83. The molecule has 108 valence electrons. The third-order valence-electron chi connectivity index (χ3n) is 2.79. The smallest absolute Gasteiger partial charge is 0.271 e. The van der Waals surface area contributed by atoms with Crippen LogP contribution in [0.5, 0.6) is 5.75 Å². The molecule has 2 rings (SSSR count). The van der Waals surface area contributed by atoms with Gasteiger partial charge in [0.15, 0.2) is 6.61 Å². The summed E-state index contributed by atoms with van der Waals surface area (Å²) in [5.41, 5.74) is -0.00242. The zero-order chi connectivity index (χ0) is 15.4. The second-order valence-electron chi connectivity index (χ2n) is 4.16. The van der Waals surface area contributed by atoms with Gasteiger partial charge in [-0.1, -0.05) is 5.92 Å². The van der Waals surface area contributed by atoms with Crippen LogP contribution in [0.15, 0.2) is 18.2 Å². The van der Waals surface area contributed by atoms with Gasteiger partial charge < -0.3 is 10.1 Å². The average molecular weight is 289 g/mol. The molecule has 21 heavy (non-hydrogen) atoms. The van der Waals surface area contributed by atoms with E-state index in [4.69, 9.17) is 11.2 Å². The lowest BCUT2D eigenvalue weighted by molar-refractivity contribution is -0.384. The largest absolute Gasteiger partial charge is 0.482 e. The number of terminal acetylenes is 1. The van der Waals surface area contributed by atoms with Crippen molar-refractivity contribution in [1.29, 1.82) is 0 Å². The summed E-state index contributed by atoms with van der Waals surface area (Å²) in [4.78, 5) is 34.9. The Bertz CT molecular complexity index is 650. The minimum Gasteiger partial charge on any atom is -0.482 e. The Morgan fingerprint density at radius 2 is 2.33 bits per heavy atom. The topological polar surface area (TPSA) is 102 Å². The highest BCUT2D eigenvalue weighted by atomic mass is 16.6. The van der Waals surface area contributed by atoms with Gasteiger partial charge in [0.2, 0.25) is 5.91 Å². The summed E-state index contributed by atoms with van der Waals surface area (Å²) in [5, 5.41) is 13.2. The molecule has 0 aromatic heterocycles. The molecule has 0 atom stereocenters. The molecule has 0 bridgehead atoms. The van der Waals surface area contributed by atoms with Crippen molar-refractivity contribution in [2.75, 3.05) is 24.6 Å². The zero-order valence-electron chi connectivity index (χ0n) is 10.9. The summed E-state index contributed by atoms with van der Waals surface area (Å²) in [6.07, 6.45) is 5.03. The Balaban J connectivity index is 2.28. The second kappa shape index (κ2) is 5.92. The number of rotatable bonds is 4. The summed E-state index contributed by atoms with van der Waals surface area (Å²) >= 11 is 0. The number of carbonyl (C=O) groups excluding carboxylic acids is 2. The third kappa shape index (κ3) is 3.09. The predicted molar refractivity (Wildman–Crippen MR) is 72.8 cm³/mol. The van der Waals surface area contributed by atoms with E-state index in [9.17, 15) is 19.7 Å². The molecule has 0 fully saturated rings. The monoisotopic (exact) mass is 289 g/mol. The van der Waals surface area contributed by atoms with Crippen LogP contribution < -0.4 is 15.0 Å². The van der Waals surface area contributed by atoms with Gasteiger partial charge in [-0.15, -0.1) is 6.42 Å². The molecule has 0 saturated heterocycles. The first-order valence-electron chi connectivity index (χ1n) is 5.94. The van der Waals surface area contributed by atoms with Crippen LogP contribution in [0.1, 0.15) is 0 Å². The number of carbonyl (C=O) groups is 2. The molecular weight excluding hydrogens is 278 g/mol. The van der Waals surface area contributed by atoms with Crippen LogP contribution in [-0.4, -0.2) is 36.4 Å². The van der Waals surface area contributed by atoms with Gasteiger partial charge in [0, 0.05) is 12.1 Å². The minimum atomic E-state index is -0.587. The maximum absolute atomic E-state index is 11.9. The summed E-state index contributed by atoms with van der Waals surface area (Å²) in [5.74, 6) is 1.63. The fourth-order valence-electron chi connectivity index (χ4n) is 1.83. The Kier molecular flexibility index (Phi) is 4.04. The van der Waals surface area contributed by atoms with Crippen molar-refractivity contribution in [2.24, 2.45) is 0 Å². The number of anilines is 1. The molecule has 1 N–H and O–H groups in total. The number of nitrogens with one attached hydrogen (secondary N) is 1.